The molecule has 1 amide bonds. The minimum absolute atomic E-state index is 0.208. The molecule has 0 bridgehead atoms. The fourth-order valence-corrected chi connectivity index (χ4v) is 3.22. The lowest BCUT2D eigenvalue weighted by molar-refractivity contribution is -0.138. The van der Waals surface area contributed by atoms with Crippen molar-refractivity contribution >= 4 is 5.91 Å². The van der Waals surface area contributed by atoms with Crippen molar-refractivity contribution in [3.63, 3.8) is 0 Å². The Bertz CT molecular complexity index is 345. The van der Waals surface area contributed by atoms with Gasteiger partial charge in [-0.05, 0) is 38.9 Å². The van der Waals surface area contributed by atoms with Gasteiger partial charge in [0.25, 0.3) is 0 Å². The normalized spacial score (nSPS) is 24.0. The van der Waals surface area contributed by atoms with Gasteiger partial charge in [0.2, 0.25) is 5.91 Å². The minimum Gasteiger partial charge on any atom is -0.379 e. The lowest BCUT2D eigenvalue weighted by Crippen LogP contribution is -2.60. The molecule has 0 saturated carbocycles. The van der Waals surface area contributed by atoms with Gasteiger partial charge in [0.05, 0.1) is 11.5 Å². The van der Waals surface area contributed by atoms with E-state index in [9.17, 15) is 4.79 Å². The van der Waals surface area contributed by atoms with Gasteiger partial charge in [-0.15, -0.1) is 0 Å². The summed E-state index contributed by atoms with van der Waals surface area (Å²) in [7, 11) is 3.91. The third-order valence-electron chi connectivity index (χ3n) is 4.88. The van der Waals surface area contributed by atoms with E-state index in [1.54, 1.807) is 7.11 Å². The lowest BCUT2D eigenvalue weighted by atomic mass is 9.76. The highest BCUT2D eigenvalue weighted by atomic mass is 16.5. The van der Waals surface area contributed by atoms with Crippen LogP contribution in [-0.2, 0) is 9.53 Å². The number of amides is 1. The summed E-state index contributed by atoms with van der Waals surface area (Å²) in [5.74, 6) is 0.754. The van der Waals surface area contributed by atoms with Crippen LogP contribution >= 0.6 is 0 Å². The first-order valence-corrected chi connectivity index (χ1v) is 8.17. The first kappa shape index (κ1) is 16.7. The number of rotatable bonds is 6. The summed E-state index contributed by atoms with van der Waals surface area (Å²) in [6.07, 6.45) is 2.27. The van der Waals surface area contributed by atoms with E-state index < -0.39 is 0 Å². The van der Waals surface area contributed by atoms with Crippen LogP contribution in [-0.4, -0.2) is 75.2 Å². The lowest BCUT2D eigenvalue weighted by Gasteiger charge is -2.47. The van der Waals surface area contributed by atoms with Crippen molar-refractivity contribution in [1.82, 2.24) is 15.1 Å². The molecule has 0 atom stereocenters. The maximum Gasteiger partial charge on any atom is 0.227 e. The van der Waals surface area contributed by atoms with Crippen LogP contribution in [0.2, 0.25) is 0 Å². The van der Waals surface area contributed by atoms with Crippen molar-refractivity contribution in [1.29, 1.82) is 0 Å². The standard InChI is InChI=1S/C16H31N3O2/c1-13(2)9-17-15(20)16(5-7-18(3)8-6-16)12-19-10-14(11-19)21-4/h13-14H,5-12H2,1-4H3,(H,17,20). The van der Waals surface area contributed by atoms with E-state index in [0.29, 0.717) is 12.0 Å². The molecular weight excluding hydrogens is 266 g/mol. The van der Waals surface area contributed by atoms with Crippen LogP contribution in [0.15, 0.2) is 0 Å². The SMILES string of the molecule is COC1CN(CC2(C(=O)NCC(C)C)CCN(C)CC2)C1. The molecule has 0 aliphatic carbocycles. The number of piperidine rings is 1. The van der Waals surface area contributed by atoms with E-state index in [2.05, 4.69) is 36.0 Å². The topological polar surface area (TPSA) is 44.8 Å². The van der Waals surface area contributed by atoms with Gasteiger partial charge in [-0.3, -0.25) is 9.69 Å². The van der Waals surface area contributed by atoms with Gasteiger partial charge in [0.15, 0.2) is 0 Å². The molecule has 5 nitrogen and oxygen atoms in total. The Labute approximate surface area is 129 Å². The molecule has 2 aliphatic rings. The quantitative estimate of drug-likeness (QED) is 0.788. The zero-order chi connectivity index (χ0) is 15.5. The summed E-state index contributed by atoms with van der Waals surface area (Å²) in [5, 5.41) is 3.17. The molecule has 0 aromatic heterocycles. The summed E-state index contributed by atoms with van der Waals surface area (Å²) in [6, 6.07) is 0. The molecule has 0 spiro atoms. The number of likely N-dealkylation sites (tertiary alicyclic amines) is 2. The van der Waals surface area contributed by atoms with Crippen LogP contribution in [0.3, 0.4) is 0 Å². The van der Waals surface area contributed by atoms with Crippen LogP contribution < -0.4 is 5.32 Å². The molecule has 2 aliphatic heterocycles. The molecule has 122 valence electrons. The Morgan fingerprint density at radius 1 is 1.33 bits per heavy atom. The van der Waals surface area contributed by atoms with E-state index in [4.69, 9.17) is 4.74 Å². The number of carbonyl (C=O) groups is 1. The maximum atomic E-state index is 12.8. The molecule has 2 heterocycles. The minimum atomic E-state index is -0.208. The molecule has 5 heteroatoms. The van der Waals surface area contributed by atoms with Gasteiger partial charge in [-0.25, -0.2) is 0 Å². The van der Waals surface area contributed by atoms with Gasteiger partial charge in [0, 0.05) is 33.3 Å². The molecule has 1 N–H and O–H groups in total. The predicted octanol–water partition coefficient (Wildman–Crippen LogP) is 0.801. The smallest absolute Gasteiger partial charge is 0.227 e. The second-order valence-corrected chi connectivity index (χ2v) is 7.24. The third-order valence-corrected chi connectivity index (χ3v) is 4.88. The van der Waals surface area contributed by atoms with E-state index in [-0.39, 0.29) is 11.3 Å². The van der Waals surface area contributed by atoms with Crippen molar-refractivity contribution in [2.45, 2.75) is 32.8 Å². The summed E-state index contributed by atoms with van der Waals surface area (Å²) >= 11 is 0. The molecule has 0 radical (unpaired) electrons. The highest BCUT2D eigenvalue weighted by Crippen LogP contribution is 2.34. The Morgan fingerprint density at radius 2 is 1.95 bits per heavy atom. The van der Waals surface area contributed by atoms with Gasteiger partial charge < -0.3 is 15.0 Å². The van der Waals surface area contributed by atoms with Gasteiger partial charge in [0.1, 0.15) is 0 Å². The average Bonchev–Trinajstić information content (AvgIpc) is 2.42. The number of nitrogens with one attached hydrogen (secondary N) is 1. The third kappa shape index (κ3) is 4.18. The molecular formula is C16H31N3O2. The Hall–Kier alpha value is -0.650. The zero-order valence-electron chi connectivity index (χ0n) is 14.0. The second-order valence-electron chi connectivity index (χ2n) is 7.24. The van der Waals surface area contributed by atoms with Crippen molar-refractivity contribution in [2.24, 2.45) is 11.3 Å². The maximum absolute atomic E-state index is 12.8. The number of ether oxygens (including phenoxy) is 1. The van der Waals surface area contributed by atoms with Crippen LogP contribution in [0.1, 0.15) is 26.7 Å². The summed E-state index contributed by atoms with van der Waals surface area (Å²) in [6.45, 7) is 9.88. The van der Waals surface area contributed by atoms with Gasteiger partial charge >= 0.3 is 0 Å². The molecule has 0 unspecified atom stereocenters. The van der Waals surface area contributed by atoms with Crippen molar-refractivity contribution < 1.29 is 9.53 Å². The van der Waals surface area contributed by atoms with E-state index in [1.165, 1.54) is 0 Å². The number of carbonyl (C=O) groups excluding carboxylic acids is 1. The Morgan fingerprint density at radius 3 is 2.48 bits per heavy atom. The summed E-state index contributed by atoms with van der Waals surface area (Å²) < 4.78 is 5.34. The van der Waals surface area contributed by atoms with Gasteiger partial charge in [-0.2, -0.15) is 0 Å². The fraction of sp³-hybridized carbons (Fsp3) is 0.938. The first-order chi connectivity index (χ1) is 9.95. The van der Waals surface area contributed by atoms with Crippen LogP contribution in [0, 0.1) is 11.3 Å². The molecule has 2 saturated heterocycles. The first-order valence-electron chi connectivity index (χ1n) is 8.17. The fourth-order valence-electron chi connectivity index (χ4n) is 3.22. The van der Waals surface area contributed by atoms with E-state index in [1.807, 2.05) is 0 Å². The largest absolute Gasteiger partial charge is 0.379 e. The predicted molar refractivity (Wildman–Crippen MR) is 84.2 cm³/mol. The Balaban J connectivity index is 1.95. The van der Waals surface area contributed by atoms with Crippen molar-refractivity contribution in [2.75, 3.05) is 53.4 Å². The van der Waals surface area contributed by atoms with Crippen LogP contribution in [0.5, 0.6) is 0 Å². The molecule has 0 aromatic carbocycles. The summed E-state index contributed by atoms with van der Waals surface area (Å²) in [4.78, 5) is 17.5. The second kappa shape index (κ2) is 7.07. The Kier molecular flexibility index (Phi) is 5.63. The summed E-state index contributed by atoms with van der Waals surface area (Å²) in [5.41, 5.74) is -0.208. The highest BCUT2D eigenvalue weighted by Gasteiger charge is 2.44. The number of hydrogen-bond acceptors (Lipinski definition) is 4. The number of hydrogen-bond donors (Lipinski definition) is 1. The molecule has 21 heavy (non-hydrogen) atoms. The van der Waals surface area contributed by atoms with Crippen molar-refractivity contribution in [3.05, 3.63) is 0 Å². The van der Waals surface area contributed by atoms with Gasteiger partial charge in [-0.1, -0.05) is 13.8 Å². The van der Waals surface area contributed by atoms with E-state index in [0.717, 1.165) is 52.1 Å². The molecule has 2 rings (SSSR count). The monoisotopic (exact) mass is 297 g/mol. The van der Waals surface area contributed by atoms with Crippen LogP contribution in [0.4, 0.5) is 0 Å². The highest BCUT2D eigenvalue weighted by molar-refractivity contribution is 5.83. The van der Waals surface area contributed by atoms with E-state index >= 15 is 0 Å². The number of nitrogens with zero attached hydrogens (tertiary/aromatic N) is 2. The molecule has 0 aromatic rings. The molecule has 2 fully saturated rings. The van der Waals surface area contributed by atoms with Crippen molar-refractivity contribution in [3.8, 4) is 0 Å². The average molecular weight is 297 g/mol. The number of methoxy groups -OCH3 is 1. The zero-order valence-corrected chi connectivity index (χ0v) is 14.0. The van der Waals surface area contributed by atoms with Crippen LogP contribution in [0.25, 0.3) is 0 Å².